The number of aromatic nitrogens is 2. The van der Waals surface area contributed by atoms with Gasteiger partial charge in [-0.1, -0.05) is 6.92 Å². The van der Waals surface area contributed by atoms with E-state index in [0.29, 0.717) is 41.7 Å². The first kappa shape index (κ1) is 21.3. The number of nitrogens with two attached hydrogens (primary N) is 2. The fraction of sp³-hybridized carbons (Fsp3) is 0.400. The van der Waals surface area contributed by atoms with Gasteiger partial charge in [0.1, 0.15) is 6.29 Å². The van der Waals surface area contributed by atoms with Crippen molar-refractivity contribution in [2.45, 2.75) is 26.3 Å². The normalized spacial score (nSPS) is 11.8. The second-order valence-electron chi connectivity index (χ2n) is 6.98. The maximum absolute atomic E-state index is 12.4. The lowest BCUT2D eigenvalue weighted by molar-refractivity contribution is 0.112. The molecule has 0 aliphatic carbocycles. The summed E-state index contributed by atoms with van der Waals surface area (Å²) in [7, 11) is 0. The molecule has 1 aliphatic rings. The van der Waals surface area contributed by atoms with Gasteiger partial charge in [0.2, 0.25) is 0 Å². The number of aliphatic imine (C=N–C) groups is 1. The fourth-order valence-corrected chi connectivity index (χ4v) is 3.25. The van der Waals surface area contributed by atoms with Gasteiger partial charge < -0.3 is 26.4 Å². The van der Waals surface area contributed by atoms with Crippen LogP contribution in [-0.4, -0.2) is 52.9 Å². The van der Waals surface area contributed by atoms with Crippen LogP contribution in [0.3, 0.4) is 0 Å². The van der Waals surface area contributed by atoms with Crippen LogP contribution in [0, 0.1) is 0 Å². The van der Waals surface area contributed by atoms with Gasteiger partial charge in [-0.05, 0) is 50.7 Å². The summed E-state index contributed by atoms with van der Waals surface area (Å²) in [4.78, 5) is 33.7. The molecule has 1 aliphatic heterocycles. The van der Waals surface area contributed by atoms with Crippen molar-refractivity contribution in [3.05, 3.63) is 40.4 Å². The molecule has 160 valence electrons. The summed E-state index contributed by atoms with van der Waals surface area (Å²) in [6.45, 7) is 5.87. The highest BCUT2D eigenvalue weighted by Gasteiger charge is 2.20. The zero-order valence-corrected chi connectivity index (χ0v) is 17.0. The van der Waals surface area contributed by atoms with Crippen LogP contribution in [-0.2, 0) is 6.54 Å². The summed E-state index contributed by atoms with van der Waals surface area (Å²) in [5, 5.41) is 3.06. The van der Waals surface area contributed by atoms with E-state index < -0.39 is 0 Å². The van der Waals surface area contributed by atoms with E-state index in [1.807, 2.05) is 0 Å². The maximum atomic E-state index is 12.4. The third-order valence-corrected chi connectivity index (χ3v) is 4.82. The van der Waals surface area contributed by atoms with Gasteiger partial charge in [0, 0.05) is 18.7 Å². The van der Waals surface area contributed by atoms with E-state index in [4.69, 9.17) is 16.2 Å². The molecular weight excluding hydrogens is 386 g/mol. The molecular formula is C20H27N7O3. The number of carbonyl (C=O) groups is 1. The van der Waals surface area contributed by atoms with Crippen molar-refractivity contribution in [1.82, 2.24) is 14.5 Å². The quantitative estimate of drug-likeness (QED) is 0.195. The highest BCUT2D eigenvalue weighted by Crippen LogP contribution is 2.40. The lowest BCUT2D eigenvalue weighted by atomic mass is 10.2. The Kier molecular flexibility index (Phi) is 7.02. The van der Waals surface area contributed by atoms with Gasteiger partial charge in [-0.15, -0.1) is 0 Å². The molecule has 10 heteroatoms. The van der Waals surface area contributed by atoms with Crippen molar-refractivity contribution in [3.63, 3.8) is 0 Å². The lowest BCUT2D eigenvalue weighted by Crippen LogP contribution is -2.30. The van der Waals surface area contributed by atoms with Gasteiger partial charge in [-0.2, -0.15) is 4.98 Å². The van der Waals surface area contributed by atoms with E-state index in [1.54, 1.807) is 29.0 Å². The third-order valence-electron chi connectivity index (χ3n) is 4.82. The summed E-state index contributed by atoms with van der Waals surface area (Å²) in [6.07, 6.45) is 4.09. The monoisotopic (exact) mass is 413 g/mol. The Hall–Kier alpha value is -3.40. The van der Waals surface area contributed by atoms with Gasteiger partial charge in [0.05, 0.1) is 11.9 Å². The predicted molar refractivity (Wildman–Crippen MR) is 116 cm³/mol. The van der Waals surface area contributed by atoms with E-state index >= 15 is 0 Å². The van der Waals surface area contributed by atoms with Crippen molar-refractivity contribution in [2.75, 3.05) is 31.5 Å². The van der Waals surface area contributed by atoms with Crippen LogP contribution in [0.15, 0.2) is 34.2 Å². The Morgan fingerprint density at radius 3 is 2.83 bits per heavy atom. The Bertz CT molecular complexity index is 983. The summed E-state index contributed by atoms with van der Waals surface area (Å²) in [6, 6.07) is 5.05. The standard InChI is InChI=1S/C20H27N7O3/c1-2-26(8-3-7-23-19(21)22)9-4-10-27-12-17-18(25-20(27)29)24-15-11-14(13-28)5-6-16(15)30-17/h5-6,11-13H,2-4,7-10H2,1H3,(H4,21,22,23)(H,24,25,29). The number of aldehydes is 1. The lowest BCUT2D eigenvalue weighted by Gasteiger charge is -2.22. The summed E-state index contributed by atoms with van der Waals surface area (Å²) >= 11 is 0. The summed E-state index contributed by atoms with van der Waals surface area (Å²) in [5.74, 6) is 1.52. The van der Waals surface area contributed by atoms with Crippen molar-refractivity contribution in [1.29, 1.82) is 0 Å². The van der Waals surface area contributed by atoms with Gasteiger partial charge in [0.15, 0.2) is 23.3 Å². The Morgan fingerprint density at radius 1 is 1.30 bits per heavy atom. The first-order chi connectivity index (χ1) is 14.5. The zero-order valence-electron chi connectivity index (χ0n) is 17.0. The number of benzene rings is 1. The first-order valence-corrected chi connectivity index (χ1v) is 9.93. The van der Waals surface area contributed by atoms with Crippen LogP contribution in [0.4, 0.5) is 11.5 Å². The van der Waals surface area contributed by atoms with Crippen LogP contribution in [0.1, 0.15) is 30.1 Å². The average molecular weight is 413 g/mol. The van der Waals surface area contributed by atoms with Crippen molar-refractivity contribution >= 4 is 23.8 Å². The van der Waals surface area contributed by atoms with Crippen LogP contribution in [0.5, 0.6) is 11.5 Å². The minimum absolute atomic E-state index is 0.112. The molecule has 0 saturated heterocycles. The first-order valence-electron chi connectivity index (χ1n) is 9.93. The fourth-order valence-electron chi connectivity index (χ4n) is 3.25. The number of fused-ring (bicyclic) bond motifs is 2. The Balaban J connectivity index is 1.59. The Morgan fingerprint density at radius 2 is 2.10 bits per heavy atom. The molecule has 1 aromatic carbocycles. The maximum Gasteiger partial charge on any atom is 0.349 e. The molecule has 30 heavy (non-hydrogen) atoms. The second-order valence-corrected chi connectivity index (χ2v) is 6.98. The molecule has 0 fully saturated rings. The minimum Gasteiger partial charge on any atom is -0.450 e. The van der Waals surface area contributed by atoms with E-state index in [0.717, 1.165) is 38.8 Å². The molecule has 0 spiro atoms. The van der Waals surface area contributed by atoms with E-state index in [1.165, 1.54) is 0 Å². The van der Waals surface area contributed by atoms with Gasteiger partial charge >= 0.3 is 5.69 Å². The molecule has 1 aromatic heterocycles. The van der Waals surface area contributed by atoms with E-state index in [9.17, 15) is 9.59 Å². The molecule has 0 unspecified atom stereocenters. The molecule has 2 aromatic rings. The smallest absolute Gasteiger partial charge is 0.349 e. The number of guanidine groups is 1. The zero-order chi connectivity index (χ0) is 21.5. The van der Waals surface area contributed by atoms with Gasteiger partial charge in [0.25, 0.3) is 0 Å². The molecule has 0 atom stereocenters. The summed E-state index contributed by atoms with van der Waals surface area (Å²) in [5.41, 5.74) is 11.4. The molecule has 0 amide bonds. The van der Waals surface area contributed by atoms with Crippen LogP contribution >= 0.6 is 0 Å². The number of carbonyl (C=O) groups excluding carboxylic acids is 1. The van der Waals surface area contributed by atoms with E-state index in [-0.39, 0.29) is 11.6 Å². The second kappa shape index (κ2) is 9.88. The molecule has 0 saturated carbocycles. The number of anilines is 2. The largest absolute Gasteiger partial charge is 0.450 e. The summed E-state index contributed by atoms with van der Waals surface area (Å²) < 4.78 is 7.42. The highest BCUT2D eigenvalue weighted by molar-refractivity contribution is 5.81. The van der Waals surface area contributed by atoms with E-state index in [2.05, 4.69) is 27.1 Å². The van der Waals surface area contributed by atoms with Crippen LogP contribution < -0.4 is 27.2 Å². The molecule has 3 rings (SSSR count). The number of nitrogens with one attached hydrogen (secondary N) is 1. The van der Waals surface area contributed by atoms with Crippen LogP contribution in [0.25, 0.3) is 0 Å². The number of ether oxygens (including phenoxy) is 1. The minimum atomic E-state index is -0.351. The Labute approximate surface area is 174 Å². The third kappa shape index (κ3) is 5.35. The molecule has 5 N–H and O–H groups in total. The molecule has 0 radical (unpaired) electrons. The average Bonchev–Trinajstić information content (AvgIpc) is 2.73. The molecule has 0 bridgehead atoms. The van der Waals surface area contributed by atoms with Crippen molar-refractivity contribution in [3.8, 4) is 11.5 Å². The van der Waals surface area contributed by atoms with Crippen molar-refractivity contribution in [2.24, 2.45) is 16.5 Å². The number of rotatable bonds is 10. The number of hydrogen-bond donors (Lipinski definition) is 3. The number of hydrogen-bond acceptors (Lipinski definition) is 7. The molecule has 2 heterocycles. The predicted octanol–water partition coefficient (Wildman–Crippen LogP) is 1.28. The van der Waals surface area contributed by atoms with Crippen molar-refractivity contribution < 1.29 is 9.53 Å². The number of aryl methyl sites for hydroxylation is 1. The molecule has 10 nitrogen and oxygen atoms in total. The number of nitrogens with zero attached hydrogens (tertiary/aromatic N) is 4. The highest BCUT2D eigenvalue weighted by atomic mass is 16.5. The van der Waals surface area contributed by atoms with Crippen LogP contribution in [0.2, 0.25) is 0 Å². The SMILES string of the molecule is CCN(CCCN=C(N)N)CCCn1cc2c(nc1=O)Nc1cc(C=O)ccc1O2. The van der Waals surface area contributed by atoms with Gasteiger partial charge in [-0.25, -0.2) is 4.79 Å². The van der Waals surface area contributed by atoms with Gasteiger partial charge in [-0.3, -0.25) is 14.4 Å². The topological polar surface area (TPSA) is 141 Å².